The van der Waals surface area contributed by atoms with Gasteiger partial charge in [-0.2, -0.15) is 5.10 Å². The molecule has 2 aromatic carbocycles. The summed E-state index contributed by atoms with van der Waals surface area (Å²) in [5, 5.41) is 15.7. The normalized spacial score (nSPS) is 23.3. The van der Waals surface area contributed by atoms with Gasteiger partial charge < -0.3 is 5.11 Å². The van der Waals surface area contributed by atoms with E-state index in [0.29, 0.717) is 5.56 Å². The summed E-state index contributed by atoms with van der Waals surface area (Å²) < 4.78 is 42.6. The van der Waals surface area contributed by atoms with Crippen molar-refractivity contribution in [2.45, 2.75) is 45.1 Å². The van der Waals surface area contributed by atoms with E-state index in [2.05, 4.69) is 18.1 Å². The molecule has 2 aliphatic rings. The highest BCUT2D eigenvalue weighted by Crippen LogP contribution is 2.52. The molecule has 3 aromatic rings. The first-order valence-corrected chi connectivity index (χ1v) is 11.0. The van der Waals surface area contributed by atoms with E-state index >= 15 is 0 Å². The number of halogens is 3. The number of allylic oxidation sites excluding steroid dienone is 1. The number of aliphatic hydroxyl groups excluding tert-OH is 1. The molecule has 0 radical (unpaired) electrons. The molecule has 3 atom stereocenters. The molecule has 0 bridgehead atoms. The fraction of sp³-hybridized carbons (Fsp3) is 0.346. The lowest BCUT2D eigenvalue weighted by atomic mass is 9.58. The minimum atomic E-state index is -0.739. The summed E-state index contributed by atoms with van der Waals surface area (Å²) in [5.74, 6) is -1.57. The van der Waals surface area contributed by atoms with Crippen LogP contribution < -0.4 is 0 Å². The molecule has 0 amide bonds. The van der Waals surface area contributed by atoms with Gasteiger partial charge in [0, 0.05) is 12.5 Å². The van der Waals surface area contributed by atoms with Crippen LogP contribution in [0.5, 0.6) is 0 Å². The molecule has 1 heterocycles. The molecule has 2 unspecified atom stereocenters. The highest BCUT2D eigenvalue weighted by Gasteiger charge is 2.46. The first kappa shape index (κ1) is 21.0. The standard InChI is InChI=1S/C26H25F3N2O/c1-26-14-17-15-30-31(21-9-7-19(27)8-10-21)24(17)12-18(26)3-2-4-22(26)25(32)11-16-5-6-20(28)13-23(16)29/h5-10,12-13,15,22,25,32H,2-4,11,14H2,1H3/t22-,25?,26?/m1/s1. The van der Waals surface area contributed by atoms with Gasteiger partial charge in [-0.05, 0) is 84.6 Å². The van der Waals surface area contributed by atoms with E-state index in [1.807, 2.05) is 10.9 Å². The third kappa shape index (κ3) is 3.56. The summed E-state index contributed by atoms with van der Waals surface area (Å²) in [6, 6.07) is 9.78. The van der Waals surface area contributed by atoms with Crippen molar-refractivity contribution in [3.63, 3.8) is 0 Å². The quantitative estimate of drug-likeness (QED) is 0.573. The molecule has 1 N–H and O–H groups in total. The summed E-state index contributed by atoms with van der Waals surface area (Å²) in [7, 11) is 0. The van der Waals surface area contributed by atoms with Crippen molar-refractivity contribution in [3.8, 4) is 5.69 Å². The van der Waals surface area contributed by atoms with Crippen molar-refractivity contribution < 1.29 is 18.3 Å². The van der Waals surface area contributed by atoms with E-state index in [4.69, 9.17) is 0 Å². The van der Waals surface area contributed by atoms with E-state index in [0.717, 1.165) is 48.7 Å². The minimum absolute atomic E-state index is 0.0470. The summed E-state index contributed by atoms with van der Waals surface area (Å²) in [4.78, 5) is 0. The number of benzene rings is 2. The fourth-order valence-electron chi connectivity index (χ4n) is 5.54. The molecule has 1 saturated carbocycles. The summed E-state index contributed by atoms with van der Waals surface area (Å²) >= 11 is 0. The Morgan fingerprint density at radius 1 is 1.12 bits per heavy atom. The molecule has 32 heavy (non-hydrogen) atoms. The monoisotopic (exact) mass is 438 g/mol. The maximum atomic E-state index is 14.2. The third-order valence-corrected chi connectivity index (χ3v) is 7.25. The van der Waals surface area contributed by atoms with Crippen LogP contribution in [0.4, 0.5) is 13.2 Å². The van der Waals surface area contributed by atoms with Gasteiger partial charge in [-0.3, -0.25) is 0 Å². The topological polar surface area (TPSA) is 38.0 Å². The summed E-state index contributed by atoms with van der Waals surface area (Å²) in [6.07, 6.45) is 6.86. The Hall–Kier alpha value is -2.86. The van der Waals surface area contributed by atoms with E-state index in [9.17, 15) is 18.3 Å². The van der Waals surface area contributed by atoms with Gasteiger partial charge in [-0.15, -0.1) is 0 Å². The zero-order chi connectivity index (χ0) is 22.5. The molecular weight excluding hydrogens is 413 g/mol. The number of rotatable bonds is 4. The van der Waals surface area contributed by atoms with Crippen LogP contribution in [0.3, 0.4) is 0 Å². The zero-order valence-electron chi connectivity index (χ0n) is 17.9. The van der Waals surface area contributed by atoms with Gasteiger partial charge in [0.25, 0.3) is 0 Å². The predicted molar refractivity (Wildman–Crippen MR) is 117 cm³/mol. The van der Waals surface area contributed by atoms with Gasteiger partial charge in [-0.25, -0.2) is 17.9 Å². The van der Waals surface area contributed by atoms with Crippen LogP contribution in [0, 0.1) is 28.8 Å². The van der Waals surface area contributed by atoms with E-state index in [-0.39, 0.29) is 23.6 Å². The maximum Gasteiger partial charge on any atom is 0.129 e. The van der Waals surface area contributed by atoms with Crippen molar-refractivity contribution in [2.75, 3.05) is 0 Å². The molecule has 2 aliphatic carbocycles. The molecule has 3 nitrogen and oxygen atoms in total. The lowest BCUT2D eigenvalue weighted by molar-refractivity contribution is 0.0229. The molecule has 5 rings (SSSR count). The molecule has 0 spiro atoms. The molecule has 1 fully saturated rings. The third-order valence-electron chi connectivity index (χ3n) is 7.25. The molecule has 1 aromatic heterocycles. The van der Waals surface area contributed by atoms with Crippen molar-refractivity contribution in [1.82, 2.24) is 9.78 Å². The van der Waals surface area contributed by atoms with E-state index < -0.39 is 17.7 Å². The molecule has 6 heteroatoms. The first-order valence-electron chi connectivity index (χ1n) is 11.0. The van der Waals surface area contributed by atoms with Crippen molar-refractivity contribution in [2.24, 2.45) is 11.3 Å². The SMILES string of the molecule is CC12Cc3cnn(-c4ccc(F)cc4)c3C=C1CCC[C@@H]2C(O)Cc1ccc(F)cc1F. The Balaban J connectivity index is 1.45. The number of nitrogens with zero attached hydrogens (tertiary/aromatic N) is 2. The highest BCUT2D eigenvalue weighted by molar-refractivity contribution is 5.61. The summed E-state index contributed by atoms with van der Waals surface area (Å²) in [6.45, 7) is 2.17. The molecule has 0 aliphatic heterocycles. The Labute approximate surface area is 185 Å². The molecular formula is C26H25F3N2O. The van der Waals surface area contributed by atoms with Crippen LogP contribution in [0.1, 0.15) is 43.0 Å². The van der Waals surface area contributed by atoms with Gasteiger partial charge in [0.2, 0.25) is 0 Å². The lowest BCUT2D eigenvalue weighted by Gasteiger charge is -2.47. The summed E-state index contributed by atoms with van der Waals surface area (Å²) in [5.41, 5.74) is 4.18. The Morgan fingerprint density at radius 2 is 1.88 bits per heavy atom. The second kappa shape index (κ2) is 7.93. The Morgan fingerprint density at radius 3 is 2.62 bits per heavy atom. The van der Waals surface area contributed by atoms with Crippen LogP contribution in [-0.4, -0.2) is 21.0 Å². The fourth-order valence-corrected chi connectivity index (χ4v) is 5.54. The van der Waals surface area contributed by atoms with Crippen molar-refractivity contribution >= 4 is 6.08 Å². The lowest BCUT2D eigenvalue weighted by Crippen LogP contribution is -2.44. The van der Waals surface area contributed by atoms with Crippen LogP contribution in [0.15, 0.2) is 54.2 Å². The van der Waals surface area contributed by atoms with Crippen LogP contribution in [0.25, 0.3) is 11.8 Å². The van der Waals surface area contributed by atoms with Crippen molar-refractivity contribution in [3.05, 3.63) is 88.5 Å². The number of hydrogen-bond acceptors (Lipinski definition) is 2. The van der Waals surface area contributed by atoms with E-state index in [1.165, 1.54) is 29.8 Å². The Bertz CT molecular complexity index is 1180. The van der Waals surface area contributed by atoms with Crippen LogP contribution in [0.2, 0.25) is 0 Å². The van der Waals surface area contributed by atoms with Gasteiger partial charge in [0.15, 0.2) is 0 Å². The highest BCUT2D eigenvalue weighted by atomic mass is 19.1. The van der Waals surface area contributed by atoms with Crippen molar-refractivity contribution in [1.29, 1.82) is 0 Å². The maximum absolute atomic E-state index is 14.2. The number of aromatic nitrogens is 2. The van der Waals surface area contributed by atoms with Crippen LogP contribution >= 0.6 is 0 Å². The average Bonchev–Trinajstić information content (AvgIpc) is 3.15. The van der Waals surface area contributed by atoms with Gasteiger partial charge in [0.1, 0.15) is 17.5 Å². The van der Waals surface area contributed by atoms with Gasteiger partial charge >= 0.3 is 0 Å². The first-order chi connectivity index (χ1) is 15.3. The second-order valence-corrected chi connectivity index (χ2v) is 9.21. The second-order valence-electron chi connectivity index (χ2n) is 9.21. The minimum Gasteiger partial charge on any atom is -0.392 e. The number of aliphatic hydroxyl groups is 1. The zero-order valence-corrected chi connectivity index (χ0v) is 17.9. The van der Waals surface area contributed by atoms with Gasteiger partial charge in [-0.1, -0.05) is 18.6 Å². The Kier molecular flexibility index (Phi) is 5.20. The average molecular weight is 438 g/mol. The number of fused-ring (bicyclic) bond motifs is 2. The number of hydrogen-bond donors (Lipinski definition) is 1. The van der Waals surface area contributed by atoms with Gasteiger partial charge in [0.05, 0.1) is 23.7 Å². The van der Waals surface area contributed by atoms with E-state index in [1.54, 1.807) is 12.1 Å². The predicted octanol–water partition coefficient (Wildman–Crippen LogP) is 5.64. The molecule has 0 saturated heterocycles. The largest absolute Gasteiger partial charge is 0.392 e. The molecule has 166 valence electrons. The smallest absolute Gasteiger partial charge is 0.129 e. The van der Waals surface area contributed by atoms with Crippen LogP contribution in [-0.2, 0) is 12.8 Å².